The van der Waals surface area contributed by atoms with Gasteiger partial charge in [-0.3, -0.25) is 4.57 Å². The number of aromatic nitrogens is 4. The fraction of sp³-hybridized carbons (Fsp3) is 0.120. The Labute approximate surface area is 507 Å². The number of fused-ring (bicyclic) bond motifs is 11. The number of rotatable bonds is 8. The van der Waals surface area contributed by atoms with E-state index in [1.54, 1.807) is 0 Å². The number of imidazole rings is 1. The summed E-state index contributed by atoms with van der Waals surface area (Å²) in [6.07, 6.45) is 36.2. The number of allylic oxidation sites excluding steroid dienone is 8. The van der Waals surface area contributed by atoms with E-state index in [1.165, 1.54) is 161 Å². The van der Waals surface area contributed by atoms with E-state index < -0.39 is 0 Å². The van der Waals surface area contributed by atoms with Crippen LogP contribution in [0.25, 0.3) is 151 Å². The topological polar surface area (TPSA) is 27.7 Å². The minimum Gasteiger partial charge on any atom is -0.310 e. The summed E-state index contributed by atoms with van der Waals surface area (Å²) in [5.74, 6) is 1.01. The molecule has 0 spiro atoms. The van der Waals surface area contributed by atoms with Crippen molar-refractivity contribution in [2.24, 2.45) is 0 Å². The second-order valence-corrected chi connectivity index (χ2v) is 24.3. The molecule has 0 amide bonds. The highest BCUT2D eigenvalue weighted by Gasteiger charge is 2.27. The normalized spacial score (nSPS) is 15.0. The highest BCUT2D eigenvalue weighted by atomic mass is 15.1. The summed E-state index contributed by atoms with van der Waals surface area (Å²) in [4.78, 5) is 5.34. The lowest BCUT2D eigenvalue weighted by Gasteiger charge is -2.21. The van der Waals surface area contributed by atoms with Gasteiger partial charge in [-0.05, 0) is 235 Å². The zero-order valence-corrected chi connectivity index (χ0v) is 48.6. The molecule has 4 heteroatoms. The first kappa shape index (κ1) is 50.1. The summed E-state index contributed by atoms with van der Waals surface area (Å²) in [6, 6.07) is 71.8. The van der Waals surface area contributed by atoms with Crippen LogP contribution in [0.1, 0.15) is 83.7 Å². The van der Waals surface area contributed by atoms with E-state index in [-0.39, 0.29) is 0 Å². The maximum absolute atomic E-state index is 5.34. The first-order chi connectivity index (χ1) is 43.2. The van der Waals surface area contributed by atoms with Crippen LogP contribution in [0.5, 0.6) is 0 Å². The van der Waals surface area contributed by atoms with Crippen molar-refractivity contribution >= 4 is 84.0 Å². The Morgan fingerprint density at radius 1 is 0.287 bits per heavy atom. The van der Waals surface area contributed by atoms with Crippen molar-refractivity contribution < 1.29 is 0 Å². The molecule has 4 nitrogen and oxygen atoms in total. The Morgan fingerprint density at radius 3 is 1.25 bits per heavy atom. The lowest BCUT2D eigenvalue weighted by Crippen LogP contribution is -2.04. The van der Waals surface area contributed by atoms with Crippen molar-refractivity contribution in [3.8, 4) is 67.3 Å². The maximum Gasteiger partial charge on any atom is 0.145 e. The highest BCUT2D eigenvalue weighted by Crippen LogP contribution is 2.50. The first-order valence-corrected chi connectivity index (χ1v) is 31.5. The van der Waals surface area contributed by atoms with E-state index in [4.69, 9.17) is 4.98 Å². The molecule has 0 N–H and O–H groups in total. The number of hydrogen-bond acceptors (Lipinski definition) is 1. The molecule has 5 aliphatic carbocycles. The molecule has 5 aliphatic rings. The third-order valence-corrected chi connectivity index (χ3v) is 19.5. The van der Waals surface area contributed by atoms with Crippen molar-refractivity contribution in [2.75, 3.05) is 0 Å². The summed E-state index contributed by atoms with van der Waals surface area (Å²) < 4.78 is 7.37. The van der Waals surface area contributed by atoms with E-state index in [9.17, 15) is 0 Å². The van der Waals surface area contributed by atoms with Crippen molar-refractivity contribution in [1.29, 1.82) is 0 Å². The van der Waals surface area contributed by atoms with Gasteiger partial charge in [-0.2, -0.15) is 0 Å². The minimum atomic E-state index is 0.961. The van der Waals surface area contributed by atoms with Gasteiger partial charge in [0, 0.05) is 45.1 Å². The molecule has 10 aromatic carbocycles. The zero-order chi connectivity index (χ0) is 57.1. The Kier molecular flexibility index (Phi) is 11.6. The summed E-state index contributed by atoms with van der Waals surface area (Å²) in [5.41, 5.74) is 26.6. The van der Waals surface area contributed by atoms with Gasteiger partial charge >= 0.3 is 0 Å². The number of hydrogen-bond donors (Lipinski definition) is 0. The van der Waals surface area contributed by atoms with Crippen molar-refractivity contribution in [1.82, 2.24) is 18.7 Å². The molecule has 0 saturated carbocycles. The molecule has 0 unspecified atom stereocenters. The first-order valence-electron chi connectivity index (χ1n) is 31.5. The Balaban J connectivity index is 0.826. The van der Waals surface area contributed by atoms with Gasteiger partial charge in [0.2, 0.25) is 0 Å². The van der Waals surface area contributed by atoms with Gasteiger partial charge < -0.3 is 9.13 Å². The van der Waals surface area contributed by atoms with Crippen molar-refractivity contribution in [3.63, 3.8) is 0 Å². The average molecular weight is 1120 g/mol. The predicted molar refractivity (Wildman–Crippen MR) is 368 cm³/mol. The van der Waals surface area contributed by atoms with Gasteiger partial charge in [0.1, 0.15) is 5.82 Å². The van der Waals surface area contributed by atoms with Crippen LogP contribution in [0.15, 0.2) is 231 Å². The predicted octanol–water partition coefficient (Wildman–Crippen LogP) is 21.6. The van der Waals surface area contributed by atoms with Crippen molar-refractivity contribution in [3.05, 3.63) is 276 Å². The van der Waals surface area contributed by atoms with Crippen LogP contribution in [0.4, 0.5) is 0 Å². The number of benzene rings is 10. The van der Waals surface area contributed by atoms with Crippen LogP contribution in [0.3, 0.4) is 0 Å². The van der Waals surface area contributed by atoms with E-state index in [0.717, 1.165) is 75.6 Å². The molecule has 414 valence electrons. The van der Waals surface area contributed by atoms with E-state index in [2.05, 4.69) is 269 Å². The maximum atomic E-state index is 5.34. The van der Waals surface area contributed by atoms with Gasteiger partial charge in [-0.25, -0.2) is 4.98 Å². The van der Waals surface area contributed by atoms with E-state index >= 15 is 0 Å². The summed E-state index contributed by atoms with van der Waals surface area (Å²) in [6.45, 7) is 0. The fourth-order valence-electron chi connectivity index (χ4n) is 15.7. The van der Waals surface area contributed by atoms with Crippen LogP contribution in [-0.4, -0.2) is 18.7 Å². The molecule has 18 rings (SSSR count). The molecule has 0 aliphatic heterocycles. The van der Waals surface area contributed by atoms with Gasteiger partial charge in [-0.1, -0.05) is 188 Å². The van der Waals surface area contributed by atoms with Crippen LogP contribution in [-0.2, 0) is 25.7 Å². The fourth-order valence-corrected chi connectivity index (χ4v) is 15.7. The summed E-state index contributed by atoms with van der Waals surface area (Å²) in [7, 11) is 0. The smallest absolute Gasteiger partial charge is 0.145 e. The molecule has 3 aromatic heterocycles. The van der Waals surface area contributed by atoms with Gasteiger partial charge in [0.25, 0.3) is 0 Å². The van der Waals surface area contributed by atoms with E-state index in [1.807, 2.05) is 0 Å². The van der Waals surface area contributed by atoms with Crippen LogP contribution < -0.4 is 0 Å². The molecule has 87 heavy (non-hydrogen) atoms. The zero-order valence-electron chi connectivity index (χ0n) is 48.6. The molecular weight excluding hydrogens is 1050 g/mol. The summed E-state index contributed by atoms with van der Waals surface area (Å²) in [5, 5.41) is 11.2. The molecule has 0 bridgehead atoms. The van der Waals surface area contributed by atoms with E-state index in [0.29, 0.717) is 0 Å². The monoisotopic (exact) mass is 1110 g/mol. The summed E-state index contributed by atoms with van der Waals surface area (Å²) >= 11 is 0. The van der Waals surface area contributed by atoms with Gasteiger partial charge in [0.05, 0.1) is 16.9 Å². The Morgan fingerprint density at radius 2 is 0.701 bits per heavy atom. The second kappa shape index (κ2) is 20.2. The third-order valence-electron chi connectivity index (χ3n) is 19.5. The van der Waals surface area contributed by atoms with Crippen molar-refractivity contribution in [2.45, 2.75) is 64.2 Å². The van der Waals surface area contributed by atoms with Gasteiger partial charge in [0.15, 0.2) is 0 Å². The average Bonchev–Trinajstić information content (AvgIpc) is 3.22. The Bertz CT molecular complexity index is 5130. The van der Waals surface area contributed by atoms with Crippen LogP contribution >= 0.6 is 0 Å². The molecule has 13 aromatic rings. The molecule has 3 heterocycles. The second-order valence-electron chi connectivity index (χ2n) is 24.3. The SMILES string of the molecule is C1=CC(n2c(-c3ccc(-c4c5ccccc5c(-c5ccc6c(-c7ccc(-n8c9c(c%10ccccc%108)CCC=C9)cc7)c7ccccc7c(-c7ccc(-n8c9c(c%10c8C=CCC%10)CCC=C9)cc7)c6c5)c5ccccc45)cc3)nc3c2C=CCC3)=CCC1. The standard InChI is InChI=1S/C83H62N4/c1-2-20-58(21-3-1)87-78-37-19-14-32-73(78)84-83(87)56-40-38-53(39-41-56)79-66-27-5-8-30-69(66)82(70-31-9-6-28-67(70)79)57-46-51-71-72(52-57)81(55-44-49-60(50-45-55)86-76-35-17-12-24-63(76)64-25-13-18-36-77(64)86)68-29-7-4-26-65(68)80(71)54-42-47-59(48-43-54)85-74-33-15-10-22-61(74)62-23-11-16-34-75(62)85/h2,4-10,15-22,26-31,33-52H,1,3,11-14,23-25,32H2. The number of nitrogens with zero attached hydrogens (tertiary/aromatic N) is 4. The van der Waals surface area contributed by atoms with Crippen LogP contribution in [0.2, 0.25) is 0 Å². The molecule has 0 radical (unpaired) electrons. The van der Waals surface area contributed by atoms with Crippen LogP contribution in [0, 0.1) is 0 Å². The lowest BCUT2D eigenvalue weighted by atomic mass is 9.82. The highest BCUT2D eigenvalue weighted by molar-refractivity contribution is 6.25. The molecule has 0 fully saturated rings. The number of aryl methyl sites for hydroxylation is 2. The van der Waals surface area contributed by atoms with Gasteiger partial charge in [-0.15, -0.1) is 0 Å². The molecule has 0 atom stereocenters. The third kappa shape index (κ3) is 7.86. The lowest BCUT2D eigenvalue weighted by molar-refractivity contribution is 0.922. The number of para-hydroxylation sites is 1. The largest absolute Gasteiger partial charge is 0.310 e. The molecule has 0 saturated heterocycles. The molecular formula is C83H62N4. The quantitative estimate of drug-likeness (QED) is 0.139. The Hall–Kier alpha value is -10.3. The minimum absolute atomic E-state index is 0.961.